The molecule has 0 saturated carbocycles. The third kappa shape index (κ3) is 6.06. The third-order valence-corrected chi connectivity index (χ3v) is 9.86. The first-order valence-electron chi connectivity index (χ1n) is 14.9. The molecule has 3 N–H and O–H groups in total. The second-order valence-electron chi connectivity index (χ2n) is 12.8. The second kappa shape index (κ2) is 11.7. The van der Waals surface area contributed by atoms with Gasteiger partial charge in [0.25, 0.3) is 10.1 Å². The molecule has 1 amide bonds. The molecule has 4 aromatic rings. The Kier molecular flexibility index (Phi) is 8.18. The largest absolute Gasteiger partial charge is 0.586 e. The summed E-state index contributed by atoms with van der Waals surface area (Å²) in [4.78, 5) is 13.5. The zero-order chi connectivity index (χ0) is 34.8. The van der Waals surface area contributed by atoms with E-state index in [1.807, 2.05) is 6.92 Å². The zero-order valence-electron chi connectivity index (χ0n) is 26.3. The minimum atomic E-state index is -4.16. The Bertz CT molecular complexity index is 2030. The van der Waals surface area contributed by atoms with E-state index in [9.17, 15) is 32.2 Å². The van der Waals surface area contributed by atoms with Gasteiger partial charge in [-0.15, -0.1) is 8.78 Å². The lowest BCUT2D eigenvalue weighted by Crippen LogP contribution is -2.39. The molecule has 0 bridgehead atoms. The molecule has 1 aromatic heterocycles. The number of carbonyl (C=O) groups excluding carboxylic acids is 1. The highest BCUT2D eigenvalue weighted by atomic mass is 32.2. The summed E-state index contributed by atoms with van der Waals surface area (Å²) in [5.74, 6) is -1.87. The van der Waals surface area contributed by atoms with Gasteiger partial charge in [-0.25, -0.2) is 4.39 Å². The standard InChI is InChI=1S/C33H33F3N2O9S/c1-18-5-7-21(8-6-18)48(42,43)45-15-20(40)14-38-25-12-23(34)24(9-19(25)10-29(38)31(2,3)16-39)37-30(41)32(4)17-44-26-13-28-27(11-22(26)32)46-33(35,36)47-28/h5-13,20,39-40H,14-17H2,1-4H3,(H,37,41)/t20?,32-/m0/s1. The van der Waals surface area contributed by atoms with Gasteiger partial charge in [-0.3, -0.25) is 8.98 Å². The van der Waals surface area contributed by atoms with Gasteiger partial charge in [-0.1, -0.05) is 31.5 Å². The number of nitrogens with one attached hydrogen (secondary N) is 1. The van der Waals surface area contributed by atoms with Crippen LogP contribution in [-0.4, -0.2) is 61.3 Å². The normalized spacial score (nSPS) is 18.9. The summed E-state index contributed by atoms with van der Waals surface area (Å²) in [6.07, 6.45) is -5.22. The van der Waals surface area contributed by atoms with Gasteiger partial charge in [-0.05, 0) is 44.2 Å². The van der Waals surface area contributed by atoms with E-state index >= 15 is 4.39 Å². The topological polar surface area (TPSA) is 146 Å². The summed E-state index contributed by atoms with van der Waals surface area (Å²) in [7, 11) is -4.16. The van der Waals surface area contributed by atoms with Gasteiger partial charge >= 0.3 is 6.29 Å². The molecule has 6 rings (SSSR count). The van der Waals surface area contributed by atoms with Crippen LogP contribution in [0.3, 0.4) is 0 Å². The molecule has 11 nitrogen and oxygen atoms in total. The first-order valence-corrected chi connectivity index (χ1v) is 16.3. The van der Waals surface area contributed by atoms with Crippen molar-refractivity contribution >= 4 is 32.6 Å². The maximum Gasteiger partial charge on any atom is 0.586 e. The summed E-state index contributed by atoms with van der Waals surface area (Å²) in [6.45, 7) is 5.52. The van der Waals surface area contributed by atoms with Gasteiger partial charge in [0.2, 0.25) is 5.91 Å². The summed E-state index contributed by atoms with van der Waals surface area (Å²) in [6, 6.07) is 12.7. The highest BCUT2D eigenvalue weighted by Crippen LogP contribution is 2.50. The average Bonchev–Trinajstić information content (AvgIpc) is 3.65. The minimum absolute atomic E-state index is 0.0696. The highest BCUT2D eigenvalue weighted by Gasteiger charge is 2.49. The van der Waals surface area contributed by atoms with Gasteiger partial charge in [-0.2, -0.15) is 8.42 Å². The molecule has 0 spiro atoms. The van der Waals surface area contributed by atoms with E-state index < -0.39 is 51.7 Å². The van der Waals surface area contributed by atoms with Crippen molar-refractivity contribution in [2.24, 2.45) is 0 Å². The fourth-order valence-corrected chi connectivity index (χ4v) is 6.64. The second-order valence-corrected chi connectivity index (χ2v) is 14.4. The molecule has 3 heterocycles. The van der Waals surface area contributed by atoms with Crippen molar-refractivity contribution in [3.05, 3.63) is 77.2 Å². The Morgan fingerprint density at radius 1 is 1.08 bits per heavy atom. The minimum Gasteiger partial charge on any atom is -0.492 e. The van der Waals surface area contributed by atoms with Gasteiger partial charge in [0.15, 0.2) is 11.5 Å². The third-order valence-electron chi connectivity index (χ3n) is 8.56. The molecule has 0 fully saturated rings. The Balaban J connectivity index is 1.26. The number of hydrogen-bond acceptors (Lipinski definition) is 9. The molecule has 3 aromatic carbocycles. The molecule has 1 unspecified atom stereocenters. The fraction of sp³-hybridized carbons (Fsp3) is 0.364. The van der Waals surface area contributed by atoms with E-state index in [2.05, 4.69) is 14.8 Å². The van der Waals surface area contributed by atoms with E-state index in [1.54, 1.807) is 36.6 Å². The molecular weight excluding hydrogens is 657 g/mol. The van der Waals surface area contributed by atoms with Crippen molar-refractivity contribution in [1.29, 1.82) is 0 Å². The van der Waals surface area contributed by atoms with Crippen LogP contribution in [0.2, 0.25) is 0 Å². The summed E-state index contributed by atoms with van der Waals surface area (Å²) in [5.41, 5.74) is -0.565. The quantitative estimate of drug-likeness (QED) is 0.201. The number of benzene rings is 3. The van der Waals surface area contributed by atoms with E-state index in [1.165, 1.54) is 37.3 Å². The molecular formula is C33H33F3N2O9S. The number of aryl methyl sites for hydroxylation is 1. The maximum atomic E-state index is 15.7. The van der Waals surface area contributed by atoms with Gasteiger partial charge in [0.05, 0.1) is 42.0 Å². The Morgan fingerprint density at radius 2 is 1.75 bits per heavy atom. The number of aromatic nitrogens is 1. The number of carbonyl (C=O) groups is 1. The van der Waals surface area contributed by atoms with Crippen LogP contribution >= 0.6 is 0 Å². The Morgan fingerprint density at radius 3 is 2.42 bits per heavy atom. The number of halogens is 3. The van der Waals surface area contributed by atoms with Crippen molar-refractivity contribution in [1.82, 2.24) is 4.57 Å². The van der Waals surface area contributed by atoms with Crippen LogP contribution in [0, 0.1) is 12.7 Å². The monoisotopic (exact) mass is 690 g/mol. The average molecular weight is 691 g/mol. The van der Waals surface area contributed by atoms with Crippen molar-refractivity contribution < 1.29 is 55.0 Å². The smallest absolute Gasteiger partial charge is 0.492 e. The molecule has 256 valence electrons. The number of fused-ring (bicyclic) bond motifs is 3. The van der Waals surface area contributed by atoms with Gasteiger partial charge in [0, 0.05) is 34.2 Å². The number of anilines is 1. The van der Waals surface area contributed by atoms with Gasteiger partial charge in [0.1, 0.15) is 23.6 Å². The highest BCUT2D eigenvalue weighted by molar-refractivity contribution is 7.86. The van der Waals surface area contributed by atoms with Crippen molar-refractivity contribution in [3.63, 3.8) is 0 Å². The van der Waals surface area contributed by atoms with E-state index in [4.69, 9.17) is 8.92 Å². The molecule has 2 aliphatic heterocycles. The molecule has 48 heavy (non-hydrogen) atoms. The van der Waals surface area contributed by atoms with Crippen LogP contribution < -0.4 is 19.5 Å². The number of amides is 1. The number of aliphatic hydroxyl groups excluding tert-OH is 2. The molecule has 15 heteroatoms. The van der Waals surface area contributed by atoms with Crippen LogP contribution in [0.4, 0.5) is 18.9 Å². The van der Waals surface area contributed by atoms with Crippen LogP contribution in [-0.2, 0) is 36.5 Å². The lowest BCUT2D eigenvalue weighted by Gasteiger charge is -2.26. The van der Waals surface area contributed by atoms with E-state index in [-0.39, 0.29) is 53.2 Å². The number of aliphatic hydroxyl groups is 2. The molecule has 0 radical (unpaired) electrons. The molecule has 2 atom stereocenters. The lowest BCUT2D eigenvalue weighted by atomic mass is 9.83. The maximum absolute atomic E-state index is 15.7. The lowest BCUT2D eigenvalue weighted by molar-refractivity contribution is -0.286. The van der Waals surface area contributed by atoms with Crippen molar-refractivity contribution in [2.45, 2.75) is 62.4 Å². The first-order chi connectivity index (χ1) is 22.4. The van der Waals surface area contributed by atoms with Crippen LogP contribution in [0.15, 0.2) is 59.5 Å². The number of rotatable bonds is 10. The Labute approximate surface area is 273 Å². The number of hydrogen-bond donors (Lipinski definition) is 3. The summed E-state index contributed by atoms with van der Waals surface area (Å²) < 4.78 is 89.5. The summed E-state index contributed by atoms with van der Waals surface area (Å²) in [5, 5.41) is 24.0. The number of ether oxygens (including phenoxy) is 3. The van der Waals surface area contributed by atoms with Gasteiger partial charge < -0.3 is 34.3 Å². The number of nitrogens with zero attached hydrogens (tertiary/aromatic N) is 1. The van der Waals surface area contributed by atoms with Crippen LogP contribution in [0.5, 0.6) is 17.2 Å². The van der Waals surface area contributed by atoms with Crippen molar-refractivity contribution in [2.75, 3.05) is 25.1 Å². The zero-order valence-corrected chi connectivity index (χ0v) is 27.2. The molecule has 2 aliphatic rings. The van der Waals surface area contributed by atoms with Crippen LogP contribution in [0.1, 0.15) is 37.6 Å². The summed E-state index contributed by atoms with van der Waals surface area (Å²) >= 11 is 0. The molecule has 0 saturated heterocycles. The predicted octanol–water partition coefficient (Wildman–Crippen LogP) is 4.74. The van der Waals surface area contributed by atoms with Crippen molar-refractivity contribution in [3.8, 4) is 17.2 Å². The number of alkyl halides is 2. The van der Waals surface area contributed by atoms with E-state index in [0.29, 0.717) is 16.6 Å². The SMILES string of the molecule is Cc1ccc(S(=O)(=O)OCC(O)Cn2c(C(C)(C)CO)cc3cc(NC(=O)[C@@]4(C)COc5cc6c(cc54)OC(F)(F)O6)c(F)cc32)cc1. The fourth-order valence-electron chi connectivity index (χ4n) is 5.70. The Hall–Kier alpha value is -4.31. The van der Waals surface area contributed by atoms with Crippen LogP contribution in [0.25, 0.3) is 10.9 Å². The van der Waals surface area contributed by atoms with E-state index in [0.717, 1.165) is 11.6 Å². The first kappa shape index (κ1) is 33.6. The molecule has 0 aliphatic carbocycles. The predicted molar refractivity (Wildman–Crippen MR) is 166 cm³/mol.